The average molecular weight is 326 g/mol. The molecule has 0 saturated carbocycles. The second-order valence-corrected chi connectivity index (χ2v) is 7.35. The van der Waals surface area contributed by atoms with Gasteiger partial charge in [0.2, 0.25) is 0 Å². The first-order valence-corrected chi connectivity index (χ1v) is 9.32. The highest BCUT2D eigenvalue weighted by atomic mass is 32.2. The summed E-state index contributed by atoms with van der Waals surface area (Å²) in [6, 6.07) is 0. The Morgan fingerprint density at radius 1 is 1.05 bits per heavy atom. The molecular formula is C13H18N4O2S2. The van der Waals surface area contributed by atoms with Gasteiger partial charge in [0.05, 0.1) is 6.20 Å². The van der Waals surface area contributed by atoms with Crippen molar-refractivity contribution in [3.8, 4) is 0 Å². The summed E-state index contributed by atoms with van der Waals surface area (Å²) in [5.74, 6) is 4.31. The van der Waals surface area contributed by atoms with Gasteiger partial charge in [-0.15, -0.1) is 0 Å². The van der Waals surface area contributed by atoms with Crippen molar-refractivity contribution in [2.45, 2.75) is 0 Å². The van der Waals surface area contributed by atoms with E-state index in [1.165, 1.54) is 0 Å². The molecule has 6 nitrogen and oxygen atoms in total. The van der Waals surface area contributed by atoms with Crippen LogP contribution in [0.4, 0.5) is 11.6 Å². The van der Waals surface area contributed by atoms with Crippen molar-refractivity contribution in [2.24, 2.45) is 0 Å². The number of hydrogen-bond acceptors (Lipinski definition) is 7. The van der Waals surface area contributed by atoms with Crippen molar-refractivity contribution in [3.05, 3.63) is 11.9 Å². The predicted octanol–water partition coefficient (Wildman–Crippen LogP) is 1.28. The van der Waals surface area contributed by atoms with E-state index in [-0.39, 0.29) is 5.69 Å². The summed E-state index contributed by atoms with van der Waals surface area (Å²) >= 11 is 3.80. The molecule has 0 spiro atoms. The lowest BCUT2D eigenvalue weighted by Crippen LogP contribution is -2.36. The fourth-order valence-electron chi connectivity index (χ4n) is 2.47. The monoisotopic (exact) mass is 326 g/mol. The van der Waals surface area contributed by atoms with Gasteiger partial charge in [0.1, 0.15) is 5.82 Å². The molecule has 3 rings (SSSR count). The predicted molar refractivity (Wildman–Crippen MR) is 88.1 cm³/mol. The number of hydrogen-bond donors (Lipinski definition) is 1. The van der Waals surface area contributed by atoms with E-state index >= 15 is 0 Å². The number of thioether (sulfide) groups is 2. The Kier molecular flexibility index (Phi) is 4.74. The zero-order valence-corrected chi connectivity index (χ0v) is 13.3. The van der Waals surface area contributed by atoms with Gasteiger partial charge in [0.15, 0.2) is 11.5 Å². The fraction of sp³-hybridized carbons (Fsp3) is 0.615. The van der Waals surface area contributed by atoms with Crippen LogP contribution in [0.25, 0.3) is 0 Å². The maximum absolute atomic E-state index is 11.5. The number of carboxylic acids is 1. The second-order valence-electron chi connectivity index (χ2n) is 4.90. The molecule has 0 aliphatic carbocycles. The fourth-order valence-corrected chi connectivity index (χ4v) is 4.27. The van der Waals surface area contributed by atoms with Crippen LogP contribution in [0.3, 0.4) is 0 Å². The molecule has 2 saturated heterocycles. The Morgan fingerprint density at radius 3 is 2.19 bits per heavy atom. The van der Waals surface area contributed by atoms with E-state index in [9.17, 15) is 9.90 Å². The molecule has 8 heteroatoms. The normalized spacial score (nSPS) is 19.6. The Hall–Kier alpha value is -1.15. The lowest BCUT2D eigenvalue weighted by molar-refractivity contribution is 0.0691. The van der Waals surface area contributed by atoms with Crippen LogP contribution in [0.15, 0.2) is 6.20 Å². The molecule has 2 aliphatic rings. The minimum absolute atomic E-state index is 0.0811. The van der Waals surface area contributed by atoms with E-state index in [2.05, 4.69) is 14.9 Å². The van der Waals surface area contributed by atoms with Gasteiger partial charge in [-0.2, -0.15) is 23.5 Å². The summed E-state index contributed by atoms with van der Waals surface area (Å²) in [5, 5.41) is 9.46. The second kappa shape index (κ2) is 6.74. The number of anilines is 2. The number of rotatable bonds is 3. The van der Waals surface area contributed by atoms with Gasteiger partial charge < -0.3 is 14.9 Å². The van der Waals surface area contributed by atoms with Gasteiger partial charge >= 0.3 is 5.97 Å². The molecule has 3 heterocycles. The van der Waals surface area contributed by atoms with Gasteiger partial charge in [0, 0.05) is 49.2 Å². The molecule has 21 heavy (non-hydrogen) atoms. The third-order valence-corrected chi connectivity index (χ3v) is 5.47. The lowest BCUT2D eigenvalue weighted by atomic mass is 10.3. The van der Waals surface area contributed by atoms with E-state index in [0.29, 0.717) is 11.6 Å². The van der Waals surface area contributed by atoms with Crippen LogP contribution in [-0.4, -0.2) is 70.2 Å². The summed E-state index contributed by atoms with van der Waals surface area (Å²) in [5.41, 5.74) is 0.0811. The van der Waals surface area contributed by atoms with Gasteiger partial charge in [-0.25, -0.2) is 14.8 Å². The highest BCUT2D eigenvalue weighted by Gasteiger charge is 2.23. The van der Waals surface area contributed by atoms with Crippen molar-refractivity contribution in [1.82, 2.24) is 9.97 Å². The SMILES string of the molecule is O=C(O)c1nc(N2CCSCC2)cnc1N1CCSCC1. The topological polar surface area (TPSA) is 69.6 Å². The van der Waals surface area contributed by atoms with Crippen molar-refractivity contribution in [3.63, 3.8) is 0 Å². The number of aromatic nitrogens is 2. The van der Waals surface area contributed by atoms with Crippen LogP contribution in [0, 0.1) is 0 Å². The Morgan fingerprint density at radius 2 is 1.62 bits per heavy atom. The van der Waals surface area contributed by atoms with E-state index in [1.807, 2.05) is 28.4 Å². The standard InChI is InChI=1S/C13H18N4O2S2/c18-13(19)11-12(17-3-7-21-8-4-17)14-9-10(15-11)16-1-5-20-6-2-16/h9H,1-8H2,(H,18,19). The number of aromatic carboxylic acids is 1. The van der Waals surface area contributed by atoms with Crippen molar-refractivity contribution < 1.29 is 9.90 Å². The number of carboxylic acid groups (broad SMARTS) is 1. The van der Waals surface area contributed by atoms with Crippen molar-refractivity contribution >= 4 is 41.1 Å². The molecule has 1 N–H and O–H groups in total. The average Bonchev–Trinajstić information content (AvgIpc) is 2.56. The van der Waals surface area contributed by atoms with E-state index in [1.54, 1.807) is 6.20 Å². The zero-order chi connectivity index (χ0) is 14.7. The van der Waals surface area contributed by atoms with Crippen LogP contribution in [0.2, 0.25) is 0 Å². The Bertz CT molecular complexity index is 517. The smallest absolute Gasteiger partial charge is 0.358 e. The van der Waals surface area contributed by atoms with E-state index < -0.39 is 5.97 Å². The molecule has 114 valence electrons. The largest absolute Gasteiger partial charge is 0.476 e. The summed E-state index contributed by atoms with van der Waals surface area (Å²) in [7, 11) is 0. The number of carbonyl (C=O) groups is 1. The molecule has 0 unspecified atom stereocenters. The lowest BCUT2D eigenvalue weighted by Gasteiger charge is -2.30. The van der Waals surface area contributed by atoms with Crippen LogP contribution in [0.1, 0.15) is 10.5 Å². The minimum atomic E-state index is -0.996. The first-order valence-electron chi connectivity index (χ1n) is 7.01. The molecule has 0 radical (unpaired) electrons. The summed E-state index contributed by atoms with van der Waals surface area (Å²) in [6.45, 7) is 3.47. The third-order valence-electron chi connectivity index (χ3n) is 3.59. The van der Waals surface area contributed by atoms with Gasteiger partial charge in [0.25, 0.3) is 0 Å². The van der Waals surface area contributed by atoms with Crippen LogP contribution in [0.5, 0.6) is 0 Å². The van der Waals surface area contributed by atoms with Crippen LogP contribution < -0.4 is 9.80 Å². The molecule has 2 aliphatic heterocycles. The minimum Gasteiger partial charge on any atom is -0.476 e. The summed E-state index contributed by atoms with van der Waals surface area (Å²) in [6.07, 6.45) is 1.72. The van der Waals surface area contributed by atoms with E-state index in [0.717, 1.165) is 49.2 Å². The molecule has 2 fully saturated rings. The van der Waals surface area contributed by atoms with Crippen LogP contribution in [-0.2, 0) is 0 Å². The maximum Gasteiger partial charge on any atom is 0.358 e. The molecule has 0 amide bonds. The molecule has 1 aromatic heterocycles. The Labute approximate surface area is 132 Å². The molecule has 1 aromatic rings. The number of nitrogens with zero attached hydrogens (tertiary/aromatic N) is 4. The zero-order valence-electron chi connectivity index (χ0n) is 11.7. The van der Waals surface area contributed by atoms with Gasteiger partial charge in [-0.3, -0.25) is 0 Å². The van der Waals surface area contributed by atoms with E-state index in [4.69, 9.17) is 0 Å². The maximum atomic E-state index is 11.5. The molecular weight excluding hydrogens is 308 g/mol. The first-order chi connectivity index (χ1) is 10.3. The van der Waals surface area contributed by atoms with Crippen LogP contribution >= 0.6 is 23.5 Å². The first kappa shape index (κ1) is 14.8. The third kappa shape index (κ3) is 3.37. The highest BCUT2D eigenvalue weighted by Crippen LogP contribution is 2.24. The van der Waals surface area contributed by atoms with Gasteiger partial charge in [-0.1, -0.05) is 0 Å². The van der Waals surface area contributed by atoms with Crippen molar-refractivity contribution in [1.29, 1.82) is 0 Å². The molecule has 0 atom stereocenters. The van der Waals surface area contributed by atoms with Crippen molar-refractivity contribution in [2.75, 3.05) is 59.0 Å². The molecule has 0 aromatic carbocycles. The van der Waals surface area contributed by atoms with Gasteiger partial charge in [-0.05, 0) is 0 Å². The highest BCUT2D eigenvalue weighted by molar-refractivity contribution is 7.99. The Balaban J connectivity index is 1.88. The molecule has 0 bridgehead atoms. The summed E-state index contributed by atoms with van der Waals surface area (Å²) < 4.78 is 0. The quantitative estimate of drug-likeness (QED) is 0.891. The summed E-state index contributed by atoms with van der Waals surface area (Å²) in [4.78, 5) is 24.5.